The number of nitrogens with one attached hydrogen (secondary N) is 1. The van der Waals surface area contributed by atoms with Gasteiger partial charge in [-0.2, -0.15) is 0 Å². The molecular formula is C22H28N6O. The van der Waals surface area contributed by atoms with Crippen molar-refractivity contribution in [2.45, 2.75) is 38.5 Å². The van der Waals surface area contributed by atoms with Gasteiger partial charge in [-0.15, -0.1) is 0 Å². The van der Waals surface area contributed by atoms with Gasteiger partial charge >= 0.3 is 0 Å². The quantitative estimate of drug-likeness (QED) is 0.843. The monoisotopic (exact) mass is 392 g/mol. The van der Waals surface area contributed by atoms with Crippen LogP contribution in [0.3, 0.4) is 0 Å². The van der Waals surface area contributed by atoms with E-state index in [-0.39, 0.29) is 5.91 Å². The molecule has 3 aliphatic rings. The second kappa shape index (κ2) is 7.97. The molecule has 2 aromatic heterocycles. The molecule has 0 aromatic carbocycles. The molecule has 0 spiro atoms. The molecule has 4 heterocycles. The van der Waals surface area contributed by atoms with E-state index >= 15 is 0 Å². The zero-order valence-corrected chi connectivity index (χ0v) is 16.8. The van der Waals surface area contributed by atoms with Crippen molar-refractivity contribution < 1.29 is 4.79 Å². The highest BCUT2D eigenvalue weighted by atomic mass is 16.2. The summed E-state index contributed by atoms with van der Waals surface area (Å²) < 4.78 is 0. The first kappa shape index (κ1) is 18.3. The zero-order valence-electron chi connectivity index (χ0n) is 16.8. The SMILES string of the molecule is O=C(c1cc2c(nc1NCC1CC1)CCN(c1ncccn1)CC2)N1CCCC1. The smallest absolute Gasteiger partial charge is 0.257 e. The van der Waals surface area contributed by atoms with Crippen molar-refractivity contribution in [2.75, 3.05) is 42.9 Å². The van der Waals surface area contributed by atoms with Gasteiger partial charge in [0.05, 0.1) is 5.56 Å². The maximum atomic E-state index is 13.2. The number of aromatic nitrogens is 3. The van der Waals surface area contributed by atoms with Crippen LogP contribution in [0.25, 0.3) is 0 Å². The van der Waals surface area contributed by atoms with Crippen molar-refractivity contribution in [3.05, 3.63) is 41.3 Å². The van der Waals surface area contributed by atoms with Crippen LogP contribution in [0.15, 0.2) is 24.5 Å². The number of carbonyl (C=O) groups excluding carboxylic acids is 1. The van der Waals surface area contributed by atoms with Crippen LogP contribution in [0.2, 0.25) is 0 Å². The summed E-state index contributed by atoms with van der Waals surface area (Å²) in [7, 11) is 0. The Morgan fingerprint density at radius 3 is 2.59 bits per heavy atom. The summed E-state index contributed by atoms with van der Waals surface area (Å²) in [4.78, 5) is 31.2. The summed E-state index contributed by atoms with van der Waals surface area (Å²) in [5.74, 6) is 2.40. The van der Waals surface area contributed by atoms with Gasteiger partial charge in [-0.05, 0) is 55.7 Å². The lowest BCUT2D eigenvalue weighted by Crippen LogP contribution is -2.29. The Bertz CT molecular complexity index is 876. The van der Waals surface area contributed by atoms with Crippen molar-refractivity contribution >= 4 is 17.7 Å². The number of hydrogen-bond donors (Lipinski definition) is 1. The van der Waals surface area contributed by atoms with Crippen molar-refractivity contribution in [3.8, 4) is 0 Å². The number of nitrogens with zero attached hydrogens (tertiary/aromatic N) is 5. The van der Waals surface area contributed by atoms with E-state index in [0.717, 1.165) is 87.3 Å². The second-order valence-electron chi connectivity index (χ2n) is 8.35. The molecule has 2 aliphatic heterocycles. The Kier molecular flexibility index (Phi) is 5.04. The molecule has 2 fully saturated rings. The highest BCUT2D eigenvalue weighted by Gasteiger charge is 2.27. The zero-order chi connectivity index (χ0) is 19.6. The fraction of sp³-hybridized carbons (Fsp3) is 0.545. The van der Waals surface area contributed by atoms with Crippen molar-refractivity contribution in [1.29, 1.82) is 0 Å². The van der Waals surface area contributed by atoms with Crippen LogP contribution in [0, 0.1) is 5.92 Å². The molecule has 29 heavy (non-hydrogen) atoms. The predicted octanol–water partition coefficient (Wildman–Crippen LogP) is 2.53. The number of amides is 1. The minimum atomic E-state index is 0.128. The van der Waals surface area contributed by atoms with Crippen molar-refractivity contribution in [1.82, 2.24) is 19.9 Å². The fourth-order valence-corrected chi connectivity index (χ4v) is 4.24. The normalized spacial score (nSPS) is 19.0. The molecule has 1 aliphatic carbocycles. The Labute approximate surface area is 171 Å². The molecule has 0 atom stereocenters. The van der Waals surface area contributed by atoms with Crippen LogP contribution < -0.4 is 10.2 Å². The van der Waals surface area contributed by atoms with Crippen LogP contribution in [0.1, 0.15) is 47.3 Å². The fourth-order valence-electron chi connectivity index (χ4n) is 4.24. The van der Waals surface area contributed by atoms with Gasteiger partial charge < -0.3 is 15.1 Å². The molecule has 5 rings (SSSR count). The van der Waals surface area contributed by atoms with Gasteiger partial charge in [0.15, 0.2) is 0 Å². The third-order valence-electron chi connectivity index (χ3n) is 6.17. The number of hydrogen-bond acceptors (Lipinski definition) is 6. The first-order valence-electron chi connectivity index (χ1n) is 10.9. The maximum Gasteiger partial charge on any atom is 0.257 e. The third kappa shape index (κ3) is 4.04. The van der Waals surface area contributed by atoms with Crippen LogP contribution in [0.5, 0.6) is 0 Å². The summed E-state index contributed by atoms with van der Waals surface area (Å²) in [6.45, 7) is 4.31. The van der Waals surface area contributed by atoms with Crippen LogP contribution in [-0.2, 0) is 12.8 Å². The minimum absolute atomic E-state index is 0.128. The minimum Gasteiger partial charge on any atom is -0.369 e. The molecule has 0 bridgehead atoms. The topological polar surface area (TPSA) is 74.2 Å². The summed E-state index contributed by atoms with van der Waals surface area (Å²) in [5.41, 5.74) is 3.03. The summed E-state index contributed by atoms with van der Waals surface area (Å²) >= 11 is 0. The third-order valence-corrected chi connectivity index (χ3v) is 6.17. The molecule has 7 nitrogen and oxygen atoms in total. The van der Waals surface area contributed by atoms with Crippen molar-refractivity contribution in [3.63, 3.8) is 0 Å². The molecule has 152 valence electrons. The van der Waals surface area contributed by atoms with Gasteiger partial charge in [-0.3, -0.25) is 4.79 Å². The average molecular weight is 393 g/mol. The predicted molar refractivity (Wildman–Crippen MR) is 112 cm³/mol. The number of fused-ring (bicyclic) bond motifs is 1. The molecule has 1 saturated heterocycles. The lowest BCUT2D eigenvalue weighted by molar-refractivity contribution is 0.0793. The largest absolute Gasteiger partial charge is 0.369 e. The Morgan fingerprint density at radius 2 is 1.83 bits per heavy atom. The number of pyridine rings is 1. The van der Waals surface area contributed by atoms with Gasteiger partial charge in [-0.1, -0.05) is 0 Å². The van der Waals surface area contributed by atoms with E-state index in [1.165, 1.54) is 18.4 Å². The summed E-state index contributed by atoms with van der Waals surface area (Å²) in [6, 6.07) is 3.94. The molecular weight excluding hydrogens is 364 g/mol. The van der Waals surface area contributed by atoms with E-state index in [2.05, 4.69) is 26.3 Å². The highest BCUT2D eigenvalue weighted by molar-refractivity contribution is 5.99. The average Bonchev–Trinajstić information content (AvgIpc) is 3.48. The molecule has 7 heteroatoms. The van der Waals surface area contributed by atoms with Crippen molar-refractivity contribution in [2.24, 2.45) is 5.92 Å². The summed E-state index contributed by atoms with van der Waals surface area (Å²) in [5, 5.41) is 3.50. The molecule has 0 radical (unpaired) electrons. The van der Waals surface area contributed by atoms with E-state index < -0.39 is 0 Å². The van der Waals surface area contributed by atoms with E-state index in [4.69, 9.17) is 4.98 Å². The summed E-state index contributed by atoms with van der Waals surface area (Å²) in [6.07, 6.45) is 10.0. The molecule has 1 amide bonds. The van der Waals surface area contributed by atoms with Gasteiger partial charge in [0.2, 0.25) is 5.95 Å². The Balaban J connectivity index is 1.42. The van der Waals surface area contributed by atoms with Crippen LogP contribution in [-0.4, -0.2) is 58.5 Å². The standard InChI is InChI=1S/C22H28N6O/c29-21(27-10-1-2-11-27)18-14-17-6-12-28(22-23-8-3-9-24-22)13-7-19(17)26-20(18)25-15-16-4-5-16/h3,8-9,14,16H,1-2,4-7,10-13,15H2,(H,25,26). The molecule has 1 saturated carbocycles. The van der Waals surface area contributed by atoms with E-state index in [9.17, 15) is 4.79 Å². The Hall–Kier alpha value is -2.70. The lowest BCUT2D eigenvalue weighted by atomic mass is 10.0. The number of carbonyl (C=O) groups is 1. The molecule has 0 unspecified atom stereocenters. The molecule has 1 N–H and O–H groups in total. The first-order chi connectivity index (χ1) is 14.3. The van der Waals surface area contributed by atoms with Crippen LogP contribution in [0.4, 0.5) is 11.8 Å². The Morgan fingerprint density at radius 1 is 1.07 bits per heavy atom. The van der Waals surface area contributed by atoms with Gasteiger partial charge in [0.25, 0.3) is 5.91 Å². The van der Waals surface area contributed by atoms with E-state index in [0.29, 0.717) is 0 Å². The van der Waals surface area contributed by atoms with Gasteiger partial charge in [0, 0.05) is 57.2 Å². The molecule has 2 aromatic rings. The lowest BCUT2D eigenvalue weighted by Gasteiger charge is -2.20. The van der Waals surface area contributed by atoms with Gasteiger partial charge in [-0.25, -0.2) is 15.0 Å². The number of anilines is 2. The van der Waals surface area contributed by atoms with Gasteiger partial charge in [0.1, 0.15) is 5.82 Å². The highest BCUT2D eigenvalue weighted by Crippen LogP contribution is 2.30. The number of rotatable bonds is 5. The first-order valence-corrected chi connectivity index (χ1v) is 10.9. The van der Waals surface area contributed by atoms with E-state index in [1.54, 1.807) is 12.4 Å². The second-order valence-corrected chi connectivity index (χ2v) is 8.35. The maximum absolute atomic E-state index is 13.2. The van der Waals surface area contributed by atoms with E-state index in [1.807, 2.05) is 11.0 Å². The van der Waals surface area contributed by atoms with Crippen LogP contribution >= 0.6 is 0 Å². The number of likely N-dealkylation sites (tertiary alicyclic amines) is 1.